The zero-order chi connectivity index (χ0) is 15.2. The number of hydrogen-bond donors (Lipinski definition) is 1. The Bertz CT molecular complexity index is 390. The molecule has 21 heavy (non-hydrogen) atoms. The first-order chi connectivity index (χ1) is 10.1. The van der Waals surface area contributed by atoms with Crippen LogP contribution in [0.25, 0.3) is 0 Å². The van der Waals surface area contributed by atoms with E-state index in [4.69, 9.17) is 0 Å². The summed E-state index contributed by atoms with van der Waals surface area (Å²) in [5.41, 5.74) is 0. The molecule has 1 saturated carbocycles. The number of nitrogens with zero attached hydrogens (tertiary/aromatic N) is 1. The van der Waals surface area contributed by atoms with Gasteiger partial charge in [-0.05, 0) is 56.4 Å². The zero-order valence-corrected chi connectivity index (χ0v) is 14.6. The largest absolute Gasteiger partial charge is 0.393 e. The Hall–Kier alpha value is -0.380. The summed E-state index contributed by atoms with van der Waals surface area (Å²) in [4.78, 5) is 3.97. The molecule has 3 unspecified atom stereocenters. The average Bonchev–Trinajstić information content (AvgIpc) is 2.95. The van der Waals surface area contributed by atoms with Crippen LogP contribution < -0.4 is 0 Å². The lowest BCUT2D eigenvalue weighted by Crippen LogP contribution is -2.41. The van der Waals surface area contributed by atoms with E-state index in [1.165, 1.54) is 30.6 Å². The van der Waals surface area contributed by atoms with Crippen molar-refractivity contribution in [1.82, 2.24) is 4.90 Å². The molecule has 1 aliphatic rings. The normalized spacial score (nSPS) is 26.7. The van der Waals surface area contributed by atoms with Crippen LogP contribution in [0.2, 0.25) is 0 Å². The summed E-state index contributed by atoms with van der Waals surface area (Å²) in [6.45, 7) is 8.88. The van der Waals surface area contributed by atoms with Gasteiger partial charge < -0.3 is 5.11 Å². The van der Waals surface area contributed by atoms with Gasteiger partial charge in [-0.2, -0.15) is 0 Å². The SMILES string of the molecule is CCCC1CCC(O)C(CN(Cc2cccs2)C(C)C)C1. The molecule has 0 spiro atoms. The van der Waals surface area contributed by atoms with Crippen molar-refractivity contribution < 1.29 is 5.11 Å². The van der Waals surface area contributed by atoms with E-state index < -0.39 is 0 Å². The minimum atomic E-state index is -0.0947. The third kappa shape index (κ3) is 5.08. The van der Waals surface area contributed by atoms with Crippen LogP contribution in [0.5, 0.6) is 0 Å². The maximum atomic E-state index is 10.4. The van der Waals surface area contributed by atoms with Gasteiger partial charge in [0.1, 0.15) is 0 Å². The first kappa shape index (κ1) is 17.0. The summed E-state index contributed by atoms with van der Waals surface area (Å²) in [7, 11) is 0. The molecule has 3 atom stereocenters. The maximum absolute atomic E-state index is 10.4. The molecule has 1 aliphatic carbocycles. The number of aliphatic hydroxyl groups is 1. The van der Waals surface area contributed by atoms with Crippen molar-refractivity contribution in [2.45, 2.75) is 71.6 Å². The Labute approximate surface area is 134 Å². The molecular weight excluding hydrogens is 278 g/mol. The molecule has 1 N–H and O–H groups in total. The van der Waals surface area contributed by atoms with Gasteiger partial charge in [-0.3, -0.25) is 4.90 Å². The molecule has 2 nitrogen and oxygen atoms in total. The van der Waals surface area contributed by atoms with Gasteiger partial charge in [0.15, 0.2) is 0 Å². The predicted molar refractivity (Wildman–Crippen MR) is 91.6 cm³/mol. The Morgan fingerprint density at radius 3 is 2.81 bits per heavy atom. The molecule has 1 aromatic heterocycles. The summed E-state index contributed by atoms with van der Waals surface area (Å²) in [5, 5.41) is 12.5. The smallest absolute Gasteiger partial charge is 0.0580 e. The lowest BCUT2D eigenvalue weighted by atomic mass is 9.77. The Morgan fingerprint density at radius 1 is 1.38 bits per heavy atom. The minimum absolute atomic E-state index is 0.0947. The van der Waals surface area contributed by atoms with Gasteiger partial charge in [0.2, 0.25) is 0 Å². The van der Waals surface area contributed by atoms with E-state index in [1.54, 1.807) is 0 Å². The first-order valence-corrected chi connectivity index (χ1v) is 9.42. The monoisotopic (exact) mass is 309 g/mol. The predicted octanol–water partition coefficient (Wildman–Crippen LogP) is 4.54. The van der Waals surface area contributed by atoms with Gasteiger partial charge >= 0.3 is 0 Å². The van der Waals surface area contributed by atoms with Crippen molar-refractivity contribution in [3.8, 4) is 0 Å². The van der Waals surface area contributed by atoms with Crippen LogP contribution in [0.4, 0.5) is 0 Å². The van der Waals surface area contributed by atoms with Crippen LogP contribution in [0.15, 0.2) is 17.5 Å². The lowest BCUT2D eigenvalue weighted by molar-refractivity contribution is 0.0184. The Kier molecular flexibility index (Phi) is 6.72. The second kappa shape index (κ2) is 8.30. The molecule has 0 radical (unpaired) electrons. The fraction of sp³-hybridized carbons (Fsp3) is 0.778. The highest BCUT2D eigenvalue weighted by molar-refractivity contribution is 7.09. The van der Waals surface area contributed by atoms with Crippen molar-refractivity contribution in [3.05, 3.63) is 22.4 Å². The molecule has 1 heterocycles. The Balaban J connectivity index is 1.94. The van der Waals surface area contributed by atoms with Crippen molar-refractivity contribution >= 4 is 11.3 Å². The van der Waals surface area contributed by atoms with Crippen molar-refractivity contribution in [2.24, 2.45) is 11.8 Å². The number of thiophene rings is 1. The molecule has 1 fully saturated rings. The van der Waals surface area contributed by atoms with Crippen molar-refractivity contribution in [1.29, 1.82) is 0 Å². The van der Waals surface area contributed by atoms with Crippen LogP contribution in [-0.2, 0) is 6.54 Å². The van der Waals surface area contributed by atoms with E-state index in [0.29, 0.717) is 12.0 Å². The van der Waals surface area contributed by atoms with Crippen LogP contribution in [0.3, 0.4) is 0 Å². The highest BCUT2D eigenvalue weighted by Crippen LogP contribution is 2.33. The number of hydrogen-bond acceptors (Lipinski definition) is 3. The van der Waals surface area contributed by atoms with E-state index in [-0.39, 0.29) is 6.10 Å². The number of aliphatic hydroxyl groups excluding tert-OH is 1. The molecule has 0 saturated heterocycles. The first-order valence-electron chi connectivity index (χ1n) is 8.54. The van der Waals surface area contributed by atoms with Gasteiger partial charge in [-0.25, -0.2) is 0 Å². The van der Waals surface area contributed by atoms with Gasteiger partial charge in [0.05, 0.1) is 6.10 Å². The molecule has 0 aromatic carbocycles. The summed E-state index contributed by atoms with van der Waals surface area (Å²) in [5.74, 6) is 1.29. The molecule has 2 rings (SSSR count). The molecule has 0 bridgehead atoms. The summed E-state index contributed by atoms with van der Waals surface area (Å²) < 4.78 is 0. The number of rotatable bonds is 7. The standard InChI is InChI=1S/C18H31NOS/c1-4-6-15-8-9-18(20)16(11-15)12-19(14(2)3)13-17-7-5-10-21-17/h5,7,10,14-16,18,20H,4,6,8-9,11-13H2,1-3H3. The van der Waals surface area contributed by atoms with E-state index in [2.05, 4.69) is 43.2 Å². The quantitative estimate of drug-likeness (QED) is 0.799. The maximum Gasteiger partial charge on any atom is 0.0580 e. The van der Waals surface area contributed by atoms with Crippen molar-refractivity contribution in [3.63, 3.8) is 0 Å². The third-order valence-electron chi connectivity index (χ3n) is 4.89. The molecular formula is C18H31NOS. The van der Waals surface area contributed by atoms with E-state index in [1.807, 2.05) is 11.3 Å². The van der Waals surface area contributed by atoms with Crippen LogP contribution >= 0.6 is 11.3 Å². The minimum Gasteiger partial charge on any atom is -0.393 e. The molecule has 1 aromatic rings. The van der Waals surface area contributed by atoms with Gasteiger partial charge in [0, 0.05) is 24.0 Å². The van der Waals surface area contributed by atoms with Crippen LogP contribution in [0.1, 0.15) is 57.8 Å². The summed E-state index contributed by atoms with van der Waals surface area (Å²) in [6.07, 6.45) is 5.94. The fourth-order valence-corrected chi connectivity index (χ4v) is 4.30. The van der Waals surface area contributed by atoms with Gasteiger partial charge in [-0.1, -0.05) is 25.8 Å². The van der Waals surface area contributed by atoms with E-state index >= 15 is 0 Å². The fourth-order valence-electron chi connectivity index (χ4n) is 3.57. The molecule has 0 aliphatic heterocycles. The van der Waals surface area contributed by atoms with Crippen LogP contribution in [-0.4, -0.2) is 28.7 Å². The molecule has 120 valence electrons. The lowest BCUT2D eigenvalue weighted by Gasteiger charge is -2.38. The van der Waals surface area contributed by atoms with E-state index in [0.717, 1.165) is 25.4 Å². The van der Waals surface area contributed by atoms with Crippen LogP contribution in [0, 0.1) is 11.8 Å². The molecule has 3 heteroatoms. The van der Waals surface area contributed by atoms with Gasteiger partial charge in [-0.15, -0.1) is 11.3 Å². The third-order valence-corrected chi connectivity index (χ3v) is 5.75. The van der Waals surface area contributed by atoms with Gasteiger partial charge in [0.25, 0.3) is 0 Å². The Morgan fingerprint density at radius 2 is 2.19 bits per heavy atom. The topological polar surface area (TPSA) is 23.5 Å². The second-order valence-corrected chi connectivity index (χ2v) is 7.93. The molecule has 0 amide bonds. The highest BCUT2D eigenvalue weighted by atomic mass is 32.1. The summed E-state index contributed by atoms with van der Waals surface area (Å²) >= 11 is 1.84. The summed E-state index contributed by atoms with van der Waals surface area (Å²) in [6, 6.07) is 4.88. The highest BCUT2D eigenvalue weighted by Gasteiger charge is 2.30. The zero-order valence-electron chi connectivity index (χ0n) is 13.8. The van der Waals surface area contributed by atoms with E-state index in [9.17, 15) is 5.11 Å². The van der Waals surface area contributed by atoms with Crippen molar-refractivity contribution in [2.75, 3.05) is 6.54 Å². The average molecular weight is 310 g/mol. The second-order valence-electron chi connectivity index (χ2n) is 6.90.